The van der Waals surface area contributed by atoms with E-state index < -0.39 is 0 Å². The van der Waals surface area contributed by atoms with Crippen LogP contribution in [0.2, 0.25) is 10.0 Å². The van der Waals surface area contributed by atoms with Gasteiger partial charge in [0.2, 0.25) is 0 Å². The Bertz CT molecular complexity index is 686. The van der Waals surface area contributed by atoms with Crippen molar-refractivity contribution in [3.05, 3.63) is 39.3 Å². The van der Waals surface area contributed by atoms with E-state index >= 15 is 0 Å². The minimum absolute atomic E-state index is 0.000602. The molecule has 0 saturated carbocycles. The zero-order chi connectivity index (χ0) is 15.0. The van der Waals surface area contributed by atoms with E-state index in [0.717, 1.165) is 30.0 Å². The second-order valence-corrected chi connectivity index (χ2v) is 6.77. The van der Waals surface area contributed by atoms with Crippen molar-refractivity contribution in [2.24, 2.45) is 0 Å². The van der Waals surface area contributed by atoms with Crippen LogP contribution in [0.5, 0.6) is 0 Å². The molecule has 110 valence electrons. The Hall–Kier alpha value is -1.10. The molecule has 1 unspecified atom stereocenters. The van der Waals surface area contributed by atoms with Gasteiger partial charge in [-0.2, -0.15) is 0 Å². The Labute approximate surface area is 137 Å². The number of hydrogen-bond donors (Lipinski definition) is 0. The van der Waals surface area contributed by atoms with Crippen molar-refractivity contribution in [3.8, 4) is 10.6 Å². The first-order valence-electron chi connectivity index (χ1n) is 6.79. The highest BCUT2D eigenvalue weighted by atomic mass is 35.5. The van der Waals surface area contributed by atoms with Gasteiger partial charge < -0.3 is 4.90 Å². The third kappa shape index (κ3) is 2.80. The number of amides is 1. The van der Waals surface area contributed by atoms with Crippen molar-refractivity contribution in [1.29, 1.82) is 0 Å². The Kier molecular flexibility index (Phi) is 4.20. The number of aromatic nitrogens is 1. The second kappa shape index (κ2) is 5.95. The largest absolute Gasteiger partial charge is 0.335 e. The molecule has 1 aliphatic heterocycles. The molecule has 1 aliphatic rings. The van der Waals surface area contributed by atoms with Crippen molar-refractivity contribution in [3.63, 3.8) is 0 Å². The summed E-state index contributed by atoms with van der Waals surface area (Å²) in [5.74, 6) is 0.000602. The molecule has 0 N–H and O–H groups in total. The van der Waals surface area contributed by atoms with Gasteiger partial charge in [-0.05, 0) is 25.8 Å². The molecule has 1 aromatic heterocycles. The van der Waals surface area contributed by atoms with Crippen LogP contribution in [0.3, 0.4) is 0 Å². The van der Waals surface area contributed by atoms with Gasteiger partial charge >= 0.3 is 0 Å². The fourth-order valence-corrected chi connectivity index (χ4v) is 3.82. The highest BCUT2D eigenvalue weighted by Gasteiger charge is 2.27. The Morgan fingerprint density at radius 1 is 1.43 bits per heavy atom. The third-order valence-electron chi connectivity index (χ3n) is 3.72. The molecule has 0 aliphatic carbocycles. The van der Waals surface area contributed by atoms with Crippen LogP contribution in [0.4, 0.5) is 0 Å². The molecule has 0 radical (unpaired) electrons. The van der Waals surface area contributed by atoms with Gasteiger partial charge in [-0.25, -0.2) is 4.98 Å². The number of likely N-dealkylation sites (tertiary alicyclic amines) is 1. The fraction of sp³-hybridized carbons (Fsp3) is 0.333. The molecular formula is C15H14Cl2N2OS. The lowest BCUT2D eigenvalue weighted by Gasteiger charge is -2.19. The number of thiazole rings is 1. The molecule has 1 atom stereocenters. The Balaban J connectivity index is 1.90. The molecule has 2 aromatic rings. The average Bonchev–Trinajstić information content (AvgIpc) is 3.10. The first-order chi connectivity index (χ1) is 10.1. The lowest BCUT2D eigenvalue weighted by atomic mass is 10.2. The lowest BCUT2D eigenvalue weighted by molar-refractivity contribution is 0.0742. The highest BCUT2D eigenvalue weighted by molar-refractivity contribution is 7.13. The van der Waals surface area contributed by atoms with Gasteiger partial charge in [0, 0.05) is 23.5 Å². The predicted octanol–water partition coefficient (Wildman–Crippen LogP) is 4.74. The van der Waals surface area contributed by atoms with Gasteiger partial charge in [0.25, 0.3) is 5.91 Å². The van der Waals surface area contributed by atoms with Gasteiger partial charge in [0.1, 0.15) is 10.7 Å². The second-order valence-electron chi connectivity index (χ2n) is 5.13. The summed E-state index contributed by atoms with van der Waals surface area (Å²) in [4.78, 5) is 18.8. The van der Waals surface area contributed by atoms with Crippen molar-refractivity contribution in [1.82, 2.24) is 9.88 Å². The van der Waals surface area contributed by atoms with Crippen LogP contribution in [0, 0.1) is 0 Å². The van der Waals surface area contributed by atoms with E-state index in [1.54, 1.807) is 11.4 Å². The maximum absolute atomic E-state index is 12.5. The molecule has 6 heteroatoms. The van der Waals surface area contributed by atoms with Crippen LogP contribution in [-0.2, 0) is 0 Å². The number of benzene rings is 1. The summed E-state index contributed by atoms with van der Waals surface area (Å²) < 4.78 is 0. The minimum Gasteiger partial charge on any atom is -0.335 e. The number of rotatable bonds is 2. The van der Waals surface area contributed by atoms with Crippen molar-refractivity contribution < 1.29 is 4.79 Å². The molecule has 3 rings (SSSR count). The number of halogens is 2. The van der Waals surface area contributed by atoms with Crippen LogP contribution in [0.15, 0.2) is 23.6 Å². The predicted molar refractivity (Wildman–Crippen MR) is 87.3 cm³/mol. The van der Waals surface area contributed by atoms with E-state index in [9.17, 15) is 4.79 Å². The standard InChI is InChI=1S/C15H14Cl2N2OS/c1-9-4-3-7-19(9)15(20)12-8-21-14(18-12)10-5-2-6-11(16)13(10)17/h2,5-6,8-9H,3-4,7H2,1H3. The van der Waals surface area contributed by atoms with Crippen molar-refractivity contribution in [2.45, 2.75) is 25.8 Å². The molecule has 0 spiro atoms. The molecule has 0 bridgehead atoms. The Morgan fingerprint density at radius 3 is 2.95 bits per heavy atom. The lowest BCUT2D eigenvalue weighted by Crippen LogP contribution is -2.33. The Morgan fingerprint density at radius 2 is 2.24 bits per heavy atom. The van der Waals surface area contributed by atoms with E-state index in [1.165, 1.54) is 11.3 Å². The smallest absolute Gasteiger partial charge is 0.273 e. The van der Waals surface area contributed by atoms with Crippen LogP contribution < -0.4 is 0 Å². The third-order valence-corrected chi connectivity index (χ3v) is 5.41. The first kappa shape index (κ1) is 14.8. The van der Waals surface area contributed by atoms with E-state index in [-0.39, 0.29) is 11.9 Å². The zero-order valence-electron chi connectivity index (χ0n) is 11.5. The van der Waals surface area contributed by atoms with E-state index in [4.69, 9.17) is 23.2 Å². The van der Waals surface area contributed by atoms with Crippen LogP contribution >= 0.6 is 34.5 Å². The summed E-state index contributed by atoms with van der Waals surface area (Å²) in [6.07, 6.45) is 2.12. The molecular weight excluding hydrogens is 327 g/mol. The topological polar surface area (TPSA) is 33.2 Å². The maximum Gasteiger partial charge on any atom is 0.273 e. The van der Waals surface area contributed by atoms with E-state index in [0.29, 0.717) is 15.7 Å². The van der Waals surface area contributed by atoms with Crippen molar-refractivity contribution >= 4 is 40.4 Å². The molecule has 2 heterocycles. The summed E-state index contributed by atoms with van der Waals surface area (Å²) in [7, 11) is 0. The number of nitrogens with zero attached hydrogens (tertiary/aromatic N) is 2. The quantitative estimate of drug-likeness (QED) is 0.790. The molecule has 1 aromatic carbocycles. The fourth-order valence-electron chi connectivity index (χ4n) is 2.55. The molecule has 21 heavy (non-hydrogen) atoms. The average molecular weight is 341 g/mol. The highest BCUT2D eigenvalue weighted by Crippen LogP contribution is 2.35. The molecule has 1 fully saturated rings. The molecule has 3 nitrogen and oxygen atoms in total. The molecule has 1 amide bonds. The summed E-state index contributed by atoms with van der Waals surface area (Å²) >= 11 is 13.6. The van der Waals surface area contributed by atoms with Gasteiger partial charge in [-0.15, -0.1) is 11.3 Å². The van der Waals surface area contributed by atoms with Crippen molar-refractivity contribution in [2.75, 3.05) is 6.54 Å². The maximum atomic E-state index is 12.5. The number of carbonyl (C=O) groups is 1. The monoisotopic (exact) mass is 340 g/mol. The van der Waals surface area contributed by atoms with Gasteiger partial charge in [0.05, 0.1) is 10.0 Å². The molecule has 1 saturated heterocycles. The van der Waals surface area contributed by atoms with Gasteiger partial charge in [-0.1, -0.05) is 35.3 Å². The van der Waals surface area contributed by atoms with E-state index in [1.807, 2.05) is 17.0 Å². The number of carbonyl (C=O) groups excluding carboxylic acids is 1. The van der Waals surface area contributed by atoms with Crippen LogP contribution in [-0.4, -0.2) is 28.4 Å². The zero-order valence-corrected chi connectivity index (χ0v) is 13.8. The van der Waals surface area contributed by atoms with Crippen LogP contribution in [0.1, 0.15) is 30.3 Å². The summed E-state index contributed by atoms with van der Waals surface area (Å²) in [6.45, 7) is 2.89. The summed E-state index contributed by atoms with van der Waals surface area (Å²) in [5, 5.41) is 3.48. The van der Waals surface area contributed by atoms with Crippen LogP contribution in [0.25, 0.3) is 10.6 Å². The minimum atomic E-state index is 0.000602. The van der Waals surface area contributed by atoms with Gasteiger partial charge in [-0.3, -0.25) is 4.79 Å². The first-order valence-corrected chi connectivity index (χ1v) is 8.42. The van der Waals surface area contributed by atoms with Gasteiger partial charge in [0.15, 0.2) is 0 Å². The summed E-state index contributed by atoms with van der Waals surface area (Å²) in [6, 6.07) is 5.71. The normalized spacial score (nSPS) is 18.2. The van der Waals surface area contributed by atoms with E-state index in [2.05, 4.69) is 11.9 Å². The SMILES string of the molecule is CC1CCCN1C(=O)c1csc(-c2cccc(Cl)c2Cl)n1. The number of hydrogen-bond acceptors (Lipinski definition) is 3. The summed E-state index contributed by atoms with van der Waals surface area (Å²) in [5.41, 5.74) is 1.25.